The average Bonchev–Trinajstić information content (AvgIpc) is 2.90. The molecule has 4 rings (SSSR count). The molecule has 2 saturated heterocycles. The topological polar surface area (TPSA) is 93.6 Å². The molecule has 2 aliphatic rings. The Kier molecular flexibility index (Phi) is 3.53. The number of H-pyrrole nitrogens is 1. The van der Waals surface area contributed by atoms with E-state index in [9.17, 15) is 19.0 Å². The van der Waals surface area contributed by atoms with Gasteiger partial charge in [-0.05, 0) is 49.3 Å². The Bertz CT molecular complexity index is 787. The van der Waals surface area contributed by atoms with Gasteiger partial charge in [-0.3, -0.25) is 9.11 Å². The number of aromatic nitrogens is 1. The van der Waals surface area contributed by atoms with Gasteiger partial charge >= 0.3 is 5.97 Å². The van der Waals surface area contributed by atoms with Crippen LogP contribution >= 0.6 is 26.5 Å². The van der Waals surface area contributed by atoms with Crippen LogP contribution in [0.25, 0.3) is 10.9 Å². The number of carboxylic acids is 1. The number of carbonyl (C=O) groups is 1. The maximum atomic E-state index is 11.4. The minimum Gasteiger partial charge on any atom is -0.478 e. The highest BCUT2D eigenvalue weighted by atomic mass is 79.9. The quantitative estimate of drug-likeness (QED) is 0.583. The number of aromatic carboxylic acids is 1. The Morgan fingerprint density at radius 1 is 1.22 bits per heavy atom. The molecule has 2 aromatic rings. The SMILES string of the molecule is O=C(O)c1cc(Br)cc2c(C3CC4CCC(C3)S4(O)O)c[nH]c12. The van der Waals surface area contributed by atoms with Crippen LogP contribution in [0.5, 0.6) is 0 Å². The van der Waals surface area contributed by atoms with E-state index in [0.717, 1.165) is 41.1 Å². The normalized spacial score (nSPS) is 30.5. The molecule has 2 fully saturated rings. The second-order valence-corrected chi connectivity index (χ2v) is 10.1. The summed E-state index contributed by atoms with van der Waals surface area (Å²) in [6, 6.07) is 3.55. The summed E-state index contributed by atoms with van der Waals surface area (Å²) in [6.45, 7) is 0. The molecule has 2 atom stereocenters. The molecule has 2 aliphatic heterocycles. The summed E-state index contributed by atoms with van der Waals surface area (Å²) >= 11 is 3.40. The Balaban J connectivity index is 1.78. The summed E-state index contributed by atoms with van der Waals surface area (Å²) in [5.41, 5.74) is 1.99. The fraction of sp³-hybridized carbons (Fsp3) is 0.438. The fourth-order valence-electron chi connectivity index (χ4n) is 4.22. The molecule has 0 aliphatic carbocycles. The largest absolute Gasteiger partial charge is 0.478 e. The van der Waals surface area contributed by atoms with Crippen LogP contribution < -0.4 is 0 Å². The van der Waals surface area contributed by atoms with E-state index in [1.807, 2.05) is 12.3 Å². The third-order valence-electron chi connectivity index (χ3n) is 5.34. The van der Waals surface area contributed by atoms with Gasteiger partial charge in [0, 0.05) is 26.6 Å². The highest BCUT2D eigenvalue weighted by molar-refractivity contribution is 9.10. The molecular weight excluding hydrogens is 382 g/mol. The van der Waals surface area contributed by atoms with Crippen LogP contribution in [0.3, 0.4) is 0 Å². The summed E-state index contributed by atoms with van der Waals surface area (Å²) in [7, 11) is -2.45. The molecule has 2 unspecified atom stereocenters. The number of halogens is 1. The zero-order chi connectivity index (χ0) is 16.4. The Morgan fingerprint density at radius 2 is 1.87 bits per heavy atom. The first kappa shape index (κ1) is 15.5. The Morgan fingerprint density at radius 3 is 2.48 bits per heavy atom. The third-order valence-corrected chi connectivity index (χ3v) is 8.62. The molecule has 0 saturated carbocycles. The van der Waals surface area contributed by atoms with E-state index >= 15 is 0 Å². The Labute approximate surface area is 143 Å². The molecule has 3 heterocycles. The smallest absolute Gasteiger partial charge is 0.337 e. The molecule has 1 aromatic carbocycles. The van der Waals surface area contributed by atoms with Gasteiger partial charge in [-0.2, -0.15) is 10.6 Å². The summed E-state index contributed by atoms with van der Waals surface area (Å²) in [6.07, 6.45) is 5.19. The van der Waals surface area contributed by atoms with E-state index in [2.05, 4.69) is 20.9 Å². The van der Waals surface area contributed by atoms with Crippen molar-refractivity contribution in [3.8, 4) is 0 Å². The molecule has 23 heavy (non-hydrogen) atoms. The van der Waals surface area contributed by atoms with Crippen molar-refractivity contribution in [3.05, 3.63) is 33.9 Å². The molecular formula is C16H18BrNO4S. The first-order chi connectivity index (χ1) is 10.9. The number of aromatic amines is 1. The summed E-state index contributed by atoms with van der Waals surface area (Å²) in [4.78, 5) is 14.6. The first-order valence-corrected chi connectivity index (χ1v) is 10.1. The number of fused-ring (bicyclic) bond motifs is 3. The lowest BCUT2D eigenvalue weighted by molar-refractivity contribution is 0.0698. The molecule has 1 aromatic heterocycles. The van der Waals surface area contributed by atoms with Gasteiger partial charge in [-0.1, -0.05) is 15.9 Å². The van der Waals surface area contributed by atoms with E-state index in [0.29, 0.717) is 5.52 Å². The van der Waals surface area contributed by atoms with Crippen LogP contribution in [0, 0.1) is 0 Å². The van der Waals surface area contributed by atoms with E-state index in [-0.39, 0.29) is 22.0 Å². The zero-order valence-electron chi connectivity index (χ0n) is 12.3. The lowest BCUT2D eigenvalue weighted by atomic mass is 9.90. The van der Waals surface area contributed by atoms with Crippen molar-refractivity contribution in [1.82, 2.24) is 4.98 Å². The van der Waals surface area contributed by atoms with Crippen molar-refractivity contribution < 1.29 is 19.0 Å². The van der Waals surface area contributed by atoms with Gasteiger partial charge in [0.05, 0.1) is 11.1 Å². The van der Waals surface area contributed by atoms with Gasteiger partial charge < -0.3 is 10.1 Å². The molecule has 124 valence electrons. The van der Waals surface area contributed by atoms with Gasteiger partial charge in [0.1, 0.15) is 0 Å². The molecule has 5 nitrogen and oxygen atoms in total. The van der Waals surface area contributed by atoms with Gasteiger partial charge in [-0.25, -0.2) is 4.79 Å². The maximum absolute atomic E-state index is 11.4. The van der Waals surface area contributed by atoms with Crippen molar-refractivity contribution in [3.63, 3.8) is 0 Å². The van der Waals surface area contributed by atoms with Crippen molar-refractivity contribution in [2.45, 2.75) is 42.1 Å². The van der Waals surface area contributed by atoms with Crippen LogP contribution in [-0.4, -0.2) is 35.7 Å². The van der Waals surface area contributed by atoms with E-state index in [1.54, 1.807) is 6.07 Å². The fourth-order valence-corrected chi connectivity index (χ4v) is 7.22. The number of carboxylic acid groups (broad SMARTS) is 1. The van der Waals surface area contributed by atoms with Crippen LogP contribution in [0.4, 0.5) is 0 Å². The van der Waals surface area contributed by atoms with E-state index in [1.165, 1.54) is 0 Å². The van der Waals surface area contributed by atoms with Crippen molar-refractivity contribution in [2.75, 3.05) is 0 Å². The van der Waals surface area contributed by atoms with Gasteiger partial charge in [-0.15, -0.1) is 0 Å². The maximum Gasteiger partial charge on any atom is 0.337 e. The number of hydrogen-bond donors (Lipinski definition) is 4. The lowest BCUT2D eigenvalue weighted by Gasteiger charge is -2.46. The predicted molar refractivity (Wildman–Crippen MR) is 94.6 cm³/mol. The number of hydrogen-bond acceptors (Lipinski definition) is 3. The number of benzene rings is 1. The molecule has 2 bridgehead atoms. The van der Waals surface area contributed by atoms with Gasteiger partial charge in [0.15, 0.2) is 0 Å². The second-order valence-electron chi connectivity index (χ2n) is 6.55. The van der Waals surface area contributed by atoms with Crippen LogP contribution in [0.2, 0.25) is 0 Å². The third kappa shape index (κ3) is 2.33. The van der Waals surface area contributed by atoms with Crippen LogP contribution in [0.1, 0.15) is 47.5 Å². The van der Waals surface area contributed by atoms with Crippen molar-refractivity contribution >= 4 is 43.4 Å². The highest BCUT2D eigenvalue weighted by Gasteiger charge is 2.47. The summed E-state index contributed by atoms with van der Waals surface area (Å²) in [5, 5.41) is 10.3. The predicted octanol–water partition coefficient (Wildman–Crippen LogP) is 4.79. The molecule has 0 amide bonds. The number of rotatable bonds is 2. The summed E-state index contributed by atoms with van der Waals surface area (Å²) < 4.78 is 21.4. The lowest BCUT2D eigenvalue weighted by Crippen LogP contribution is -2.28. The van der Waals surface area contributed by atoms with Crippen molar-refractivity contribution in [1.29, 1.82) is 0 Å². The van der Waals surface area contributed by atoms with Crippen LogP contribution in [-0.2, 0) is 0 Å². The molecule has 4 N–H and O–H groups in total. The summed E-state index contributed by atoms with van der Waals surface area (Å²) in [5.74, 6) is -0.709. The van der Waals surface area contributed by atoms with E-state index < -0.39 is 16.6 Å². The second kappa shape index (κ2) is 5.24. The van der Waals surface area contributed by atoms with E-state index in [4.69, 9.17) is 0 Å². The standard InChI is InChI=1S/C16H18BrNO4S/c17-9-5-12-14(7-18-15(12)13(6-9)16(19)20)8-3-10-1-2-11(4-8)23(10,21)22/h5-8,10-11,18,21-22H,1-4H2,(H,19,20). The zero-order valence-corrected chi connectivity index (χ0v) is 14.7. The van der Waals surface area contributed by atoms with Gasteiger partial charge in [0.2, 0.25) is 0 Å². The number of nitrogens with one attached hydrogen (secondary N) is 1. The first-order valence-electron chi connectivity index (χ1n) is 7.67. The Hall–Kier alpha value is -1.02. The molecule has 7 heteroatoms. The van der Waals surface area contributed by atoms with Crippen molar-refractivity contribution in [2.24, 2.45) is 0 Å². The minimum absolute atomic E-state index is 0.0118. The average molecular weight is 400 g/mol. The highest BCUT2D eigenvalue weighted by Crippen LogP contribution is 2.66. The molecule has 0 radical (unpaired) electrons. The van der Waals surface area contributed by atoms with Gasteiger partial charge in [0.25, 0.3) is 0 Å². The van der Waals surface area contributed by atoms with Crippen LogP contribution in [0.15, 0.2) is 22.8 Å². The molecule has 0 spiro atoms. The monoisotopic (exact) mass is 399 g/mol. The minimum atomic E-state index is -2.45.